The van der Waals surface area contributed by atoms with E-state index < -0.39 is 0 Å². The van der Waals surface area contributed by atoms with Crippen molar-refractivity contribution in [2.75, 3.05) is 5.73 Å². The third-order valence-corrected chi connectivity index (χ3v) is 1.21. The monoisotopic (exact) mass is 145 g/mol. The number of hydrogen-bond donors (Lipinski definition) is 1. The summed E-state index contributed by atoms with van der Waals surface area (Å²) in [4.78, 5) is 3.85. The lowest BCUT2D eigenvalue weighted by molar-refractivity contribution is 1.33. The van der Waals surface area contributed by atoms with Gasteiger partial charge in [-0.05, 0) is 18.2 Å². The summed E-state index contributed by atoms with van der Waals surface area (Å²) in [6, 6.07) is 5.45. The molecule has 0 aromatic carbocycles. The number of hydrogen-bond acceptors (Lipinski definition) is 3. The average Bonchev–Trinajstić information content (AvgIpc) is 2.03. The zero-order valence-electron chi connectivity index (χ0n) is 5.86. The van der Waals surface area contributed by atoms with Crippen LogP contribution in [0.2, 0.25) is 0 Å². The van der Waals surface area contributed by atoms with Crippen LogP contribution in [-0.2, 0) is 0 Å². The van der Waals surface area contributed by atoms with Crippen LogP contribution >= 0.6 is 0 Å². The molecule has 0 atom stereocenters. The SMILES string of the molecule is N#CC=Cc1cccnc1N. The fourth-order valence-corrected chi connectivity index (χ4v) is 0.698. The summed E-state index contributed by atoms with van der Waals surface area (Å²) in [7, 11) is 0. The largest absolute Gasteiger partial charge is 0.383 e. The van der Waals surface area contributed by atoms with Crippen molar-refractivity contribution in [2.45, 2.75) is 0 Å². The van der Waals surface area contributed by atoms with E-state index in [1.54, 1.807) is 24.4 Å². The van der Waals surface area contributed by atoms with E-state index in [2.05, 4.69) is 4.98 Å². The minimum Gasteiger partial charge on any atom is -0.383 e. The molecule has 0 unspecified atom stereocenters. The van der Waals surface area contributed by atoms with E-state index in [1.165, 1.54) is 6.08 Å². The van der Waals surface area contributed by atoms with Crippen molar-refractivity contribution in [3.8, 4) is 6.07 Å². The predicted molar refractivity (Wildman–Crippen MR) is 43.3 cm³/mol. The molecule has 2 N–H and O–H groups in total. The third kappa shape index (κ3) is 1.80. The quantitative estimate of drug-likeness (QED) is 0.604. The van der Waals surface area contributed by atoms with Crippen molar-refractivity contribution in [1.82, 2.24) is 4.98 Å². The first kappa shape index (κ1) is 7.29. The zero-order chi connectivity index (χ0) is 8.10. The molecule has 0 aliphatic carbocycles. The number of aromatic nitrogens is 1. The van der Waals surface area contributed by atoms with Crippen LogP contribution in [0.5, 0.6) is 0 Å². The van der Waals surface area contributed by atoms with Gasteiger partial charge in [-0.3, -0.25) is 0 Å². The number of allylic oxidation sites excluding steroid dienone is 1. The first-order chi connectivity index (χ1) is 5.34. The van der Waals surface area contributed by atoms with Gasteiger partial charge in [0.05, 0.1) is 6.07 Å². The van der Waals surface area contributed by atoms with Crippen LogP contribution in [0.25, 0.3) is 6.08 Å². The second-order valence-electron chi connectivity index (χ2n) is 1.94. The Hall–Kier alpha value is -1.82. The molecule has 54 valence electrons. The molecule has 0 saturated carbocycles. The molecular formula is C8H7N3. The lowest BCUT2D eigenvalue weighted by atomic mass is 10.2. The smallest absolute Gasteiger partial charge is 0.130 e. The van der Waals surface area contributed by atoms with Crippen molar-refractivity contribution >= 4 is 11.9 Å². The van der Waals surface area contributed by atoms with Gasteiger partial charge in [0.15, 0.2) is 0 Å². The van der Waals surface area contributed by atoms with Gasteiger partial charge in [-0.2, -0.15) is 5.26 Å². The summed E-state index contributed by atoms with van der Waals surface area (Å²) in [5, 5.41) is 8.22. The van der Waals surface area contributed by atoms with Crippen LogP contribution in [0.4, 0.5) is 5.82 Å². The van der Waals surface area contributed by atoms with Gasteiger partial charge in [-0.25, -0.2) is 4.98 Å². The van der Waals surface area contributed by atoms with E-state index >= 15 is 0 Å². The number of nitriles is 1. The molecule has 0 saturated heterocycles. The van der Waals surface area contributed by atoms with Crippen molar-refractivity contribution < 1.29 is 0 Å². The average molecular weight is 145 g/mol. The van der Waals surface area contributed by atoms with Crippen molar-refractivity contribution in [1.29, 1.82) is 5.26 Å². The van der Waals surface area contributed by atoms with Crippen LogP contribution < -0.4 is 5.73 Å². The minimum absolute atomic E-state index is 0.444. The number of nitrogens with two attached hydrogens (primary N) is 1. The molecule has 11 heavy (non-hydrogen) atoms. The van der Waals surface area contributed by atoms with E-state index in [0.717, 1.165) is 5.56 Å². The molecule has 0 spiro atoms. The summed E-state index contributed by atoms with van der Waals surface area (Å²) >= 11 is 0. The minimum atomic E-state index is 0.444. The highest BCUT2D eigenvalue weighted by Crippen LogP contribution is 2.07. The van der Waals surface area contributed by atoms with Gasteiger partial charge in [-0.15, -0.1) is 0 Å². The van der Waals surface area contributed by atoms with Crippen LogP contribution in [0.15, 0.2) is 24.4 Å². The Morgan fingerprint density at radius 1 is 1.64 bits per heavy atom. The summed E-state index contributed by atoms with van der Waals surface area (Å²) in [5.74, 6) is 0.444. The Balaban J connectivity index is 2.97. The molecule has 0 aliphatic heterocycles. The maximum Gasteiger partial charge on any atom is 0.130 e. The summed E-state index contributed by atoms with van der Waals surface area (Å²) in [5.41, 5.74) is 6.26. The standard InChI is InChI=1S/C8H7N3/c9-5-1-3-7-4-2-6-11-8(7)10/h1-4,6H,(H2,10,11). The zero-order valence-corrected chi connectivity index (χ0v) is 5.86. The summed E-state index contributed by atoms with van der Waals surface area (Å²) < 4.78 is 0. The number of nitrogen functional groups attached to an aromatic ring is 1. The number of nitrogens with zero attached hydrogens (tertiary/aromatic N) is 2. The van der Waals surface area contributed by atoms with Crippen molar-refractivity contribution in [2.24, 2.45) is 0 Å². The van der Waals surface area contributed by atoms with Crippen LogP contribution in [0.1, 0.15) is 5.56 Å². The lowest BCUT2D eigenvalue weighted by Crippen LogP contribution is -1.91. The number of pyridine rings is 1. The van der Waals surface area contributed by atoms with Crippen LogP contribution in [0.3, 0.4) is 0 Å². The molecular weight excluding hydrogens is 138 g/mol. The highest BCUT2D eigenvalue weighted by Gasteiger charge is 1.91. The van der Waals surface area contributed by atoms with E-state index in [4.69, 9.17) is 11.0 Å². The molecule has 3 heteroatoms. The van der Waals surface area contributed by atoms with E-state index in [9.17, 15) is 0 Å². The topological polar surface area (TPSA) is 62.7 Å². The fraction of sp³-hybridized carbons (Fsp3) is 0. The third-order valence-electron chi connectivity index (χ3n) is 1.21. The van der Waals surface area contributed by atoms with Crippen LogP contribution in [-0.4, -0.2) is 4.98 Å². The Morgan fingerprint density at radius 2 is 2.45 bits per heavy atom. The molecule has 1 heterocycles. The second-order valence-corrected chi connectivity index (χ2v) is 1.94. The summed E-state index contributed by atoms with van der Waals surface area (Å²) in [6.45, 7) is 0. The Bertz CT molecular complexity index is 309. The Morgan fingerprint density at radius 3 is 3.09 bits per heavy atom. The van der Waals surface area contributed by atoms with Gasteiger partial charge in [0.2, 0.25) is 0 Å². The maximum absolute atomic E-state index is 8.22. The highest BCUT2D eigenvalue weighted by molar-refractivity contribution is 5.61. The Labute approximate surface area is 64.8 Å². The maximum atomic E-state index is 8.22. The molecule has 0 aliphatic rings. The second kappa shape index (κ2) is 3.37. The molecule has 3 nitrogen and oxygen atoms in total. The highest BCUT2D eigenvalue weighted by atomic mass is 14.8. The molecule has 1 aromatic heterocycles. The summed E-state index contributed by atoms with van der Waals surface area (Å²) in [6.07, 6.45) is 4.61. The lowest BCUT2D eigenvalue weighted by Gasteiger charge is -1.94. The normalized spacial score (nSPS) is 9.73. The predicted octanol–water partition coefficient (Wildman–Crippen LogP) is 1.20. The first-order valence-electron chi connectivity index (χ1n) is 3.11. The molecule has 0 fully saturated rings. The van der Waals surface area contributed by atoms with E-state index in [1.807, 2.05) is 6.07 Å². The molecule has 1 rings (SSSR count). The Kier molecular flexibility index (Phi) is 2.24. The van der Waals surface area contributed by atoms with Gasteiger partial charge in [0.25, 0.3) is 0 Å². The van der Waals surface area contributed by atoms with Gasteiger partial charge in [0, 0.05) is 17.8 Å². The van der Waals surface area contributed by atoms with Gasteiger partial charge < -0.3 is 5.73 Å². The fourth-order valence-electron chi connectivity index (χ4n) is 0.698. The molecule has 0 bridgehead atoms. The van der Waals surface area contributed by atoms with Gasteiger partial charge in [-0.1, -0.05) is 0 Å². The van der Waals surface area contributed by atoms with E-state index in [-0.39, 0.29) is 0 Å². The van der Waals surface area contributed by atoms with Crippen molar-refractivity contribution in [3.05, 3.63) is 30.0 Å². The van der Waals surface area contributed by atoms with Crippen LogP contribution in [0, 0.1) is 11.3 Å². The molecule has 0 amide bonds. The van der Waals surface area contributed by atoms with Crippen molar-refractivity contribution in [3.63, 3.8) is 0 Å². The number of anilines is 1. The number of rotatable bonds is 1. The van der Waals surface area contributed by atoms with Gasteiger partial charge >= 0.3 is 0 Å². The van der Waals surface area contributed by atoms with E-state index in [0.29, 0.717) is 5.82 Å². The molecule has 1 aromatic rings. The molecule has 0 radical (unpaired) electrons. The first-order valence-corrected chi connectivity index (χ1v) is 3.11. The van der Waals surface area contributed by atoms with Gasteiger partial charge in [0.1, 0.15) is 5.82 Å².